The Bertz CT molecular complexity index is 342. The predicted molar refractivity (Wildman–Crippen MR) is 63.7 cm³/mol. The zero-order chi connectivity index (χ0) is 10.9. The Kier molecular flexibility index (Phi) is 3.10. The van der Waals surface area contributed by atoms with Gasteiger partial charge in [-0.3, -0.25) is 0 Å². The lowest BCUT2D eigenvalue weighted by molar-refractivity contribution is 0.130. The number of hydrogen-bond donors (Lipinski definition) is 1. The average molecular weight is 258 g/mol. The van der Waals surface area contributed by atoms with Crippen molar-refractivity contribution < 1.29 is 4.74 Å². The Morgan fingerprint density at radius 1 is 1.29 bits per heavy atom. The molecular formula is C11H16BrNO. The molecule has 2 nitrogen and oxygen atoms in total. The van der Waals surface area contributed by atoms with Crippen LogP contribution >= 0.6 is 15.9 Å². The molecule has 1 aromatic carbocycles. The smallest absolute Gasteiger partial charge is 0.134 e. The van der Waals surface area contributed by atoms with E-state index in [9.17, 15) is 0 Å². The van der Waals surface area contributed by atoms with E-state index in [1.54, 1.807) is 0 Å². The monoisotopic (exact) mass is 257 g/mol. The summed E-state index contributed by atoms with van der Waals surface area (Å²) in [6.07, 6.45) is 0. The first-order valence-electron chi connectivity index (χ1n) is 4.54. The van der Waals surface area contributed by atoms with E-state index in [0.29, 0.717) is 0 Å². The maximum absolute atomic E-state index is 5.77. The van der Waals surface area contributed by atoms with Crippen LogP contribution < -0.4 is 10.5 Å². The Morgan fingerprint density at radius 3 is 2.36 bits per heavy atom. The fraction of sp³-hybridized carbons (Fsp3) is 0.455. The molecule has 0 aliphatic rings. The van der Waals surface area contributed by atoms with E-state index in [4.69, 9.17) is 10.5 Å². The van der Waals surface area contributed by atoms with Crippen LogP contribution in [0.5, 0.6) is 5.75 Å². The third-order valence-electron chi connectivity index (χ3n) is 1.74. The van der Waals surface area contributed by atoms with Crippen molar-refractivity contribution in [2.75, 3.05) is 5.73 Å². The van der Waals surface area contributed by atoms with Gasteiger partial charge in [-0.1, -0.05) is 0 Å². The second-order valence-electron chi connectivity index (χ2n) is 4.35. The summed E-state index contributed by atoms with van der Waals surface area (Å²) < 4.78 is 6.66. The number of nitrogen functional groups attached to an aromatic ring is 1. The molecule has 14 heavy (non-hydrogen) atoms. The van der Waals surface area contributed by atoms with Crippen molar-refractivity contribution in [1.29, 1.82) is 0 Å². The number of rotatable bonds is 1. The molecule has 0 saturated heterocycles. The standard InChI is InChI=1S/C11H16BrNO/c1-7-5-10(14-11(2,3)4)8(12)6-9(7)13/h5-6H,13H2,1-4H3. The summed E-state index contributed by atoms with van der Waals surface area (Å²) in [4.78, 5) is 0. The average Bonchev–Trinajstić information content (AvgIpc) is 1.97. The van der Waals surface area contributed by atoms with Crippen LogP contribution in [0.25, 0.3) is 0 Å². The molecule has 2 N–H and O–H groups in total. The topological polar surface area (TPSA) is 35.2 Å². The summed E-state index contributed by atoms with van der Waals surface area (Å²) in [7, 11) is 0. The third-order valence-corrected chi connectivity index (χ3v) is 2.36. The maximum atomic E-state index is 5.77. The molecule has 1 aromatic rings. The van der Waals surface area contributed by atoms with Gasteiger partial charge in [-0.2, -0.15) is 0 Å². The van der Waals surface area contributed by atoms with Crippen molar-refractivity contribution in [3.05, 3.63) is 22.2 Å². The Hall–Kier alpha value is -0.700. The summed E-state index contributed by atoms with van der Waals surface area (Å²) in [5.74, 6) is 0.837. The molecule has 0 saturated carbocycles. The van der Waals surface area contributed by atoms with Crippen LogP contribution in [-0.4, -0.2) is 5.60 Å². The van der Waals surface area contributed by atoms with E-state index in [-0.39, 0.29) is 5.60 Å². The molecule has 1 rings (SSSR count). The van der Waals surface area contributed by atoms with Gasteiger partial charge in [0.05, 0.1) is 4.47 Å². The van der Waals surface area contributed by atoms with E-state index in [1.165, 1.54) is 0 Å². The Morgan fingerprint density at radius 2 is 1.86 bits per heavy atom. The first-order chi connectivity index (χ1) is 6.29. The highest BCUT2D eigenvalue weighted by molar-refractivity contribution is 9.10. The second kappa shape index (κ2) is 3.81. The van der Waals surface area contributed by atoms with Crippen molar-refractivity contribution in [1.82, 2.24) is 0 Å². The summed E-state index contributed by atoms with van der Waals surface area (Å²) in [6.45, 7) is 8.03. The molecule has 0 aliphatic carbocycles. The highest BCUT2D eigenvalue weighted by atomic mass is 79.9. The minimum Gasteiger partial charge on any atom is -0.487 e. The Balaban J connectivity index is 3.04. The molecule has 0 aromatic heterocycles. The van der Waals surface area contributed by atoms with Gasteiger partial charge < -0.3 is 10.5 Å². The number of nitrogens with two attached hydrogens (primary N) is 1. The Labute approximate surface area is 93.6 Å². The van der Waals surface area contributed by atoms with E-state index in [0.717, 1.165) is 21.5 Å². The second-order valence-corrected chi connectivity index (χ2v) is 5.21. The van der Waals surface area contributed by atoms with Crippen molar-refractivity contribution in [2.24, 2.45) is 0 Å². The minimum atomic E-state index is -0.189. The van der Waals surface area contributed by atoms with Gasteiger partial charge in [-0.05, 0) is 61.3 Å². The van der Waals surface area contributed by atoms with Crippen LogP contribution in [0.3, 0.4) is 0 Å². The van der Waals surface area contributed by atoms with E-state index < -0.39 is 0 Å². The van der Waals surface area contributed by atoms with Crippen molar-refractivity contribution in [2.45, 2.75) is 33.3 Å². The zero-order valence-electron chi connectivity index (χ0n) is 9.02. The fourth-order valence-electron chi connectivity index (χ4n) is 1.08. The maximum Gasteiger partial charge on any atom is 0.134 e. The van der Waals surface area contributed by atoms with Crippen LogP contribution in [0.1, 0.15) is 26.3 Å². The van der Waals surface area contributed by atoms with Crippen LogP contribution in [0.4, 0.5) is 5.69 Å². The molecule has 0 heterocycles. The normalized spacial score (nSPS) is 11.5. The van der Waals surface area contributed by atoms with Crippen LogP contribution in [0, 0.1) is 6.92 Å². The lowest BCUT2D eigenvalue weighted by Gasteiger charge is -2.22. The third kappa shape index (κ3) is 2.91. The lowest BCUT2D eigenvalue weighted by atomic mass is 10.1. The summed E-state index contributed by atoms with van der Waals surface area (Å²) in [5, 5.41) is 0. The number of benzene rings is 1. The van der Waals surface area contributed by atoms with Gasteiger partial charge >= 0.3 is 0 Å². The van der Waals surface area contributed by atoms with Crippen LogP contribution in [0.15, 0.2) is 16.6 Å². The van der Waals surface area contributed by atoms with E-state index in [2.05, 4.69) is 15.9 Å². The van der Waals surface area contributed by atoms with Crippen molar-refractivity contribution in [3.8, 4) is 5.75 Å². The highest BCUT2D eigenvalue weighted by Gasteiger charge is 2.14. The van der Waals surface area contributed by atoms with Gasteiger partial charge in [0.1, 0.15) is 11.4 Å². The molecule has 0 amide bonds. The number of aryl methyl sites for hydroxylation is 1. The molecule has 0 unspecified atom stereocenters. The quantitative estimate of drug-likeness (QED) is 0.782. The van der Waals surface area contributed by atoms with E-state index >= 15 is 0 Å². The van der Waals surface area contributed by atoms with Gasteiger partial charge in [0.25, 0.3) is 0 Å². The van der Waals surface area contributed by atoms with Gasteiger partial charge in [-0.25, -0.2) is 0 Å². The minimum absolute atomic E-state index is 0.189. The van der Waals surface area contributed by atoms with Gasteiger partial charge in [0.2, 0.25) is 0 Å². The first kappa shape index (κ1) is 11.4. The first-order valence-corrected chi connectivity index (χ1v) is 5.33. The SMILES string of the molecule is Cc1cc(OC(C)(C)C)c(Br)cc1N. The summed E-state index contributed by atoms with van der Waals surface area (Å²) >= 11 is 3.43. The molecular weight excluding hydrogens is 242 g/mol. The molecule has 0 bridgehead atoms. The summed E-state index contributed by atoms with van der Waals surface area (Å²) in [6, 6.07) is 3.82. The largest absolute Gasteiger partial charge is 0.487 e. The molecule has 0 radical (unpaired) electrons. The molecule has 3 heteroatoms. The highest BCUT2D eigenvalue weighted by Crippen LogP contribution is 2.32. The molecule has 0 spiro atoms. The lowest BCUT2D eigenvalue weighted by Crippen LogP contribution is -2.23. The van der Waals surface area contributed by atoms with Gasteiger partial charge in [-0.15, -0.1) is 0 Å². The summed E-state index contributed by atoms with van der Waals surface area (Å²) in [5.41, 5.74) is 7.39. The van der Waals surface area contributed by atoms with Crippen LogP contribution in [-0.2, 0) is 0 Å². The van der Waals surface area contributed by atoms with Crippen molar-refractivity contribution >= 4 is 21.6 Å². The molecule has 0 fully saturated rings. The van der Waals surface area contributed by atoms with Gasteiger partial charge in [0, 0.05) is 5.69 Å². The zero-order valence-corrected chi connectivity index (χ0v) is 10.6. The number of halogens is 1. The molecule has 0 aliphatic heterocycles. The number of hydrogen-bond acceptors (Lipinski definition) is 2. The number of anilines is 1. The van der Waals surface area contributed by atoms with Crippen LogP contribution in [0.2, 0.25) is 0 Å². The molecule has 78 valence electrons. The number of ether oxygens (including phenoxy) is 1. The van der Waals surface area contributed by atoms with E-state index in [1.807, 2.05) is 39.8 Å². The van der Waals surface area contributed by atoms with Crippen molar-refractivity contribution in [3.63, 3.8) is 0 Å². The molecule has 0 atom stereocenters. The van der Waals surface area contributed by atoms with Gasteiger partial charge in [0.15, 0.2) is 0 Å². The predicted octanol–water partition coefficient (Wildman–Crippen LogP) is 3.52. The fourth-order valence-corrected chi connectivity index (χ4v) is 1.52.